The van der Waals surface area contributed by atoms with Gasteiger partial charge in [0.05, 0.1) is 5.60 Å². The van der Waals surface area contributed by atoms with E-state index in [9.17, 15) is 5.11 Å². The third-order valence-corrected chi connectivity index (χ3v) is 6.36. The number of hydrogen-bond acceptors (Lipinski definition) is 2. The first-order valence-electron chi connectivity index (χ1n) is 10.5. The molecule has 0 bridgehead atoms. The smallest absolute Gasteiger partial charge is 0.0936 e. The summed E-state index contributed by atoms with van der Waals surface area (Å²) in [5.74, 6) is 0.986. The van der Waals surface area contributed by atoms with Gasteiger partial charge < -0.3 is 10.0 Å². The molecule has 27 heavy (non-hydrogen) atoms. The van der Waals surface area contributed by atoms with Crippen LogP contribution in [0.15, 0.2) is 54.6 Å². The Bertz CT molecular complexity index is 694. The molecule has 1 saturated carbocycles. The first-order valence-corrected chi connectivity index (χ1v) is 10.5. The lowest BCUT2D eigenvalue weighted by atomic mass is 9.66. The molecule has 0 aromatic heterocycles. The molecule has 0 radical (unpaired) electrons. The fourth-order valence-electron chi connectivity index (χ4n) is 4.70. The molecule has 1 fully saturated rings. The zero-order valence-electron chi connectivity index (χ0n) is 17.2. The van der Waals surface area contributed by atoms with Crippen LogP contribution in [0.3, 0.4) is 0 Å². The molecule has 1 N–H and O–H groups in total. The molecule has 1 aliphatic rings. The van der Waals surface area contributed by atoms with E-state index in [2.05, 4.69) is 80.5 Å². The number of rotatable bonds is 7. The van der Waals surface area contributed by atoms with Crippen LogP contribution in [-0.2, 0) is 18.4 Å². The van der Waals surface area contributed by atoms with Gasteiger partial charge in [0.1, 0.15) is 0 Å². The summed E-state index contributed by atoms with van der Waals surface area (Å²) in [7, 11) is 4.24. The van der Waals surface area contributed by atoms with Crippen LogP contribution in [-0.4, -0.2) is 30.6 Å². The quantitative estimate of drug-likeness (QED) is 0.742. The molecule has 0 amide bonds. The maximum absolute atomic E-state index is 11.7. The van der Waals surface area contributed by atoms with Crippen LogP contribution in [0, 0.1) is 11.8 Å². The Balaban J connectivity index is 1.71. The van der Waals surface area contributed by atoms with E-state index in [-0.39, 0.29) is 5.92 Å². The van der Waals surface area contributed by atoms with Gasteiger partial charge in [-0.2, -0.15) is 0 Å². The molecule has 0 spiro atoms. The van der Waals surface area contributed by atoms with E-state index in [1.165, 1.54) is 17.5 Å². The number of aryl methyl sites for hydroxylation is 2. The van der Waals surface area contributed by atoms with Crippen LogP contribution in [0.1, 0.15) is 49.3 Å². The monoisotopic (exact) mass is 365 g/mol. The predicted molar refractivity (Wildman–Crippen MR) is 114 cm³/mol. The van der Waals surface area contributed by atoms with Crippen molar-refractivity contribution in [1.29, 1.82) is 0 Å². The first kappa shape index (κ1) is 20.1. The van der Waals surface area contributed by atoms with Gasteiger partial charge in [0, 0.05) is 12.5 Å². The van der Waals surface area contributed by atoms with Crippen molar-refractivity contribution in [2.75, 3.05) is 20.6 Å². The third-order valence-electron chi connectivity index (χ3n) is 6.36. The van der Waals surface area contributed by atoms with Crippen molar-refractivity contribution in [3.8, 4) is 0 Å². The van der Waals surface area contributed by atoms with Gasteiger partial charge in [-0.1, -0.05) is 61.5 Å². The Morgan fingerprint density at radius 3 is 2.33 bits per heavy atom. The number of benzene rings is 2. The Morgan fingerprint density at radius 2 is 1.70 bits per heavy atom. The molecule has 0 aliphatic heterocycles. The van der Waals surface area contributed by atoms with Gasteiger partial charge in [-0.05, 0) is 75.2 Å². The van der Waals surface area contributed by atoms with Gasteiger partial charge in [0.2, 0.25) is 0 Å². The van der Waals surface area contributed by atoms with E-state index in [0.717, 1.165) is 44.2 Å². The lowest BCUT2D eigenvalue weighted by molar-refractivity contribution is -0.0760. The van der Waals surface area contributed by atoms with Crippen LogP contribution in [0.25, 0.3) is 0 Å². The van der Waals surface area contributed by atoms with E-state index in [0.29, 0.717) is 5.92 Å². The molecule has 3 atom stereocenters. The second kappa shape index (κ2) is 9.03. The summed E-state index contributed by atoms with van der Waals surface area (Å²) in [6.07, 6.45) is 6.50. The van der Waals surface area contributed by atoms with Crippen LogP contribution < -0.4 is 0 Å². The molecule has 146 valence electrons. The summed E-state index contributed by atoms with van der Waals surface area (Å²) in [4.78, 5) is 2.23. The Morgan fingerprint density at radius 1 is 1.00 bits per heavy atom. The average molecular weight is 366 g/mol. The second-order valence-electron chi connectivity index (χ2n) is 8.60. The highest BCUT2D eigenvalue weighted by Crippen LogP contribution is 2.45. The molecule has 1 aliphatic carbocycles. The van der Waals surface area contributed by atoms with Crippen LogP contribution >= 0.6 is 0 Å². The van der Waals surface area contributed by atoms with E-state index >= 15 is 0 Å². The predicted octanol–water partition coefficient (Wildman–Crippen LogP) is 5.05. The molecule has 2 heteroatoms. The molecule has 0 saturated heterocycles. The summed E-state index contributed by atoms with van der Waals surface area (Å²) < 4.78 is 0. The summed E-state index contributed by atoms with van der Waals surface area (Å²) >= 11 is 0. The van der Waals surface area contributed by atoms with Gasteiger partial charge in [0.15, 0.2) is 0 Å². The van der Waals surface area contributed by atoms with Gasteiger partial charge in [-0.3, -0.25) is 0 Å². The Labute approximate surface area is 165 Å². The molecule has 0 heterocycles. The Kier molecular flexibility index (Phi) is 6.73. The minimum absolute atomic E-state index is 0.287. The molecule has 3 unspecified atom stereocenters. The van der Waals surface area contributed by atoms with Gasteiger partial charge >= 0.3 is 0 Å². The van der Waals surface area contributed by atoms with E-state index in [4.69, 9.17) is 0 Å². The summed E-state index contributed by atoms with van der Waals surface area (Å²) in [6.45, 7) is 3.12. The standard InChI is InChI=1S/C25H35NO/c1-4-20-12-14-23(15-13-20)25(27)17-16-22(18-24(25)19-26(2)3)11-10-21-8-6-5-7-9-21/h5-9,12-15,22,24,27H,4,10-11,16-19H2,1-3H3. The number of hydrogen-bond donors (Lipinski definition) is 1. The normalized spacial score (nSPS) is 25.7. The molecule has 2 nitrogen and oxygen atoms in total. The van der Waals surface area contributed by atoms with E-state index in [1.54, 1.807) is 0 Å². The molecule has 3 rings (SSSR count). The minimum atomic E-state index is -0.695. The van der Waals surface area contributed by atoms with Gasteiger partial charge in [-0.15, -0.1) is 0 Å². The zero-order valence-corrected chi connectivity index (χ0v) is 17.2. The highest BCUT2D eigenvalue weighted by molar-refractivity contribution is 5.29. The fourth-order valence-corrected chi connectivity index (χ4v) is 4.70. The fraction of sp³-hybridized carbons (Fsp3) is 0.520. The molecular formula is C25H35NO. The van der Waals surface area contributed by atoms with Crippen molar-refractivity contribution in [2.24, 2.45) is 11.8 Å². The van der Waals surface area contributed by atoms with Gasteiger partial charge in [0.25, 0.3) is 0 Å². The topological polar surface area (TPSA) is 23.5 Å². The minimum Gasteiger partial charge on any atom is -0.385 e. The highest BCUT2D eigenvalue weighted by atomic mass is 16.3. The maximum atomic E-state index is 11.7. The van der Waals surface area contributed by atoms with Crippen molar-refractivity contribution in [2.45, 2.75) is 51.0 Å². The Hall–Kier alpha value is -1.64. The number of nitrogens with zero attached hydrogens (tertiary/aromatic N) is 1. The van der Waals surface area contributed by atoms with Gasteiger partial charge in [-0.25, -0.2) is 0 Å². The molecule has 2 aromatic carbocycles. The van der Waals surface area contributed by atoms with Crippen molar-refractivity contribution >= 4 is 0 Å². The van der Waals surface area contributed by atoms with Crippen molar-refractivity contribution in [1.82, 2.24) is 4.90 Å². The SMILES string of the molecule is CCc1ccc(C2(O)CCC(CCc3ccccc3)CC2CN(C)C)cc1. The lowest BCUT2D eigenvalue weighted by Crippen LogP contribution is -2.45. The maximum Gasteiger partial charge on any atom is 0.0936 e. The summed E-state index contributed by atoms with van der Waals surface area (Å²) in [5.41, 5.74) is 3.17. The van der Waals surface area contributed by atoms with Crippen LogP contribution in [0.2, 0.25) is 0 Å². The third kappa shape index (κ3) is 5.00. The average Bonchev–Trinajstić information content (AvgIpc) is 2.69. The summed E-state index contributed by atoms with van der Waals surface area (Å²) in [6, 6.07) is 19.5. The molecule has 2 aromatic rings. The largest absolute Gasteiger partial charge is 0.385 e. The van der Waals surface area contributed by atoms with Crippen molar-refractivity contribution < 1.29 is 5.11 Å². The van der Waals surface area contributed by atoms with Crippen LogP contribution in [0.4, 0.5) is 0 Å². The second-order valence-corrected chi connectivity index (χ2v) is 8.60. The summed E-state index contributed by atoms with van der Waals surface area (Å²) in [5, 5.41) is 11.7. The number of aliphatic hydroxyl groups is 1. The van der Waals surface area contributed by atoms with E-state index < -0.39 is 5.60 Å². The van der Waals surface area contributed by atoms with Crippen molar-refractivity contribution in [3.05, 3.63) is 71.3 Å². The van der Waals surface area contributed by atoms with Crippen molar-refractivity contribution in [3.63, 3.8) is 0 Å². The van der Waals surface area contributed by atoms with Crippen LogP contribution in [0.5, 0.6) is 0 Å². The zero-order chi connectivity index (χ0) is 19.3. The molecular weight excluding hydrogens is 330 g/mol. The lowest BCUT2D eigenvalue weighted by Gasteiger charge is -2.44. The van der Waals surface area contributed by atoms with E-state index in [1.807, 2.05) is 0 Å². The first-order chi connectivity index (χ1) is 13.0. The highest BCUT2D eigenvalue weighted by Gasteiger charge is 2.43.